The van der Waals surface area contributed by atoms with Gasteiger partial charge in [0, 0.05) is 10.8 Å². The van der Waals surface area contributed by atoms with E-state index < -0.39 is 10.8 Å². The molecule has 5 fully saturated rings. The molecule has 0 unspecified atom stereocenters. The van der Waals surface area contributed by atoms with Crippen LogP contribution in [0.4, 0.5) is 0 Å². The van der Waals surface area contributed by atoms with Crippen molar-refractivity contribution >= 4 is 17.3 Å². The molecule has 0 amide bonds. The average molecular weight is 258 g/mol. The zero-order valence-corrected chi connectivity index (χ0v) is 11.1. The zero-order chi connectivity index (χ0) is 13.1. The van der Waals surface area contributed by atoms with E-state index in [2.05, 4.69) is 0 Å². The van der Waals surface area contributed by atoms with Gasteiger partial charge in [-0.1, -0.05) is 0 Å². The number of hydrogen-bond donors (Lipinski definition) is 0. The summed E-state index contributed by atoms with van der Waals surface area (Å²) in [5.41, 5.74) is -1.96. The van der Waals surface area contributed by atoms with Gasteiger partial charge in [-0.2, -0.15) is 0 Å². The Morgan fingerprint density at radius 3 is 1.16 bits per heavy atom. The number of hydrogen-bond acceptors (Lipinski definition) is 3. The summed E-state index contributed by atoms with van der Waals surface area (Å²) in [6, 6.07) is 0. The van der Waals surface area contributed by atoms with Gasteiger partial charge in [0.15, 0.2) is 17.3 Å². The van der Waals surface area contributed by atoms with E-state index in [4.69, 9.17) is 0 Å². The minimum Gasteiger partial charge on any atom is -0.298 e. The van der Waals surface area contributed by atoms with Crippen molar-refractivity contribution in [2.45, 2.75) is 57.8 Å². The molecule has 3 heteroatoms. The van der Waals surface area contributed by atoms with E-state index in [1.807, 2.05) is 0 Å². The quantitative estimate of drug-likeness (QED) is 0.626. The highest BCUT2D eigenvalue weighted by molar-refractivity contribution is 6.24. The fourth-order valence-corrected chi connectivity index (χ4v) is 4.76. The topological polar surface area (TPSA) is 51.2 Å². The van der Waals surface area contributed by atoms with Gasteiger partial charge in [-0.15, -0.1) is 0 Å². The normalized spacial score (nSPS) is 37.6. The molecule has 0 aromatic heterocycles. The molecule has 5 aliphatic rings. The Bertz CT molecular complexity index is 507. The van der Waals surface area contributed by atoms with E-state index >= 15 is 0 Å². The van der Waals surface area contributed by atoms with E-state index in [9.17, 15) is 14.4 Å². The summed E-state index contributed by atoms with van der Waals surface area (Å²) in [4.78, 5) is 38.6. The molecule has 0 aromatic rings. The second kappa shape index (κ2) is 2.59. The van der Waals surface area contributed by atoms with Gasteiger partial charge in [0.1, 0.15) is 0 Å². The Morgan fingerprint density at radius 1 is 0.526 bits per heavy atom. The van der Waals surface area contributed by atoms with Crippen LogP contribution in [-0.4, -0.2) is 17.3 Å². The molecule has 0 radical (unpaired) electrons. The van der Waals surface area contributed by atoms with Gasteiger partial charge < -0.3 is 0 Å². The van der Waals surface area contributed by atoms with E-state index in [0.717, 1.165) is 32.1 Å². The fraction of sp³-hybridized carbons (Fsp3) is 0.812. The van der Waals surface area contributed by atoms with Crippen LogP contribution in [0.25, 0.3) is 0 Å². The Morgan fingerprint density at radius 2 is 0.895 bits per heavy atom. The number of ketones is 3. The van der Waals surface area contributed by atoms with E-state index in [0.29, 0.717) is 25.7 Å². The van der Waals surface area contributed by atoms with Crippen molar-refractivity contribution in [3.63, 3.8) is 0 Å². The smallest absolute Gasteiger partial charge is 0.159 e. The number of carbonyl (C=O) groups is 3. The molecular formula is C16H18O3. The third-order valence-electron chi connectivity index (χ3n) is 6.59. The Labute approximate surface area is 112 Å². The molecule has 4 spiro atoms. The molecule has 19 heavy (non-hydrogen) atoms. The predicted molar refractivity (Wildman–Crippen MR) is 66.3 cm³/mol. The molecule has 5 saturated carbocycles. The first kappa shape index (κ1) is 10.8. The largest absolute Gasteiger partial charge is 0.298 e. The molecule has 0 N–H and O–H groups in total. The summed E-state index contributed by atoms with van der Waals surface area (Å²) in [5, 5.41) is 0. The summed E-state index contributed by atoms with van der Waals surface area (Å²) in [7, 11) is 0. The van der Waals surface area contributed by atoms with Crippen LogP contribution in [0.1, 0.15) is 57.8 Å². The van der Waals surface area contributed by atoms with E-state index in [-0.39, 0.29) is 28.2 Å². The highest BCUT2D eigenvalue weighted by Gasteiger charge is 2.78. The first-order valence-corrected chi connectivity index (χ1v) is 7.65. The van der Waals surface area contributed by atoms with Gasteiger partial charge in [0.2, 0.25) is 0 Å². The van der Waals surface area contributed by atoms with Crippen molar-refractivity contribution in [2.24, 2.45) is 21.7 Å². The summed E-state index contributed by atoms with van der Waals surface area (Å²) in [5.74, 6) is 0.498. The average Bonchev–Trinajstić information content (AvgIpc) is 3.26. The first-order chi connectivity index (χ1) is 9.00. The molecule has 0 bridgehead atoms. The van der Waals surface area contributed by atoms with Crippen molar-refractivity contribution < 1.29 is 14.4 Å². The molecule has 5 rings (SSSR count). The fourth-order valence-electron chi connectivity index (χ4n) is 4.76. The molecule has 0 atom stereocenters. The summed E-state index contributed by atoms with van der Waals surface area (Å²) in [6.45, 7) is 0. The molecule has 100 valence electrons. The third-order valence-corrected chi connectivity index (χ3v) is 6.59. The van der Waals surface area contributed by atoms with E-state index in [1.54, 1.807) is 0 Å². The number of Topliss-reactive ketones (excluding diaryl/α,β-unsaturated/α-hetero) is 3. The van der Waals surface area contributed by atoms with Crippen LogP contribution in [0.5, 0.6) is 0 Å². The zero-order valence-electron chi connectivity index (χ0n) is 11.1. The van der Waals surface area contributed by atoms with Gasteiger partial charge in [-0.25, -0.2) is 0 Å². The van der Waals surface area contributed by atoms with Gasteiger partial charge in [-0.3, -0.25) is 14.4 Å². The molecule has 0 aromatic carbocycles. The maximum absolute atomic E-state index is 12.9. The maximum Gasteiger partial charge on any atom is 0.159 e. The van der Waals surface area contributed by atoms with Crippen molar-refractivity contribution in [1.29, 1.82) is 0 Å². The lowest BCUT2D eigenvalue weighted by Crippen LogP contribution is -2.47. The standard InChI is InChI=1S/C16H18O3/c17-10-13(1-2-13)9-14(3-4-14)11(18)16(7-8-16)12(19)15(10)5-6-15/h1-9H2. The minimum atomic E-state index is -0.709. The van der Waals surface area contributed by atoms with Gasteiger partial charge in [0.05, 0.1) is 10.8 Å². The van der Waals surface area contributed by atoms with Crippen molar-refractivity contribution in [1.82, 2.24) is 0 Å². The SMILES string of the molecule is O=C1C2(CC2)CC2(CC2)C(=O)C2(CC2)C(=O)C12CC2. The second-order valence-corrected chi connectivity index (χ2v) is 7.89. The Balaban J connectivity index is 1.67. The van der Waals surface area contributed by atoms with Gasteiger partial charge >= 0.3 is 0 Å². The summed E-state index contributed by atoms with van der Waals surface area (Å²) < 4.78 is 0. The van der Waals surface area contributed by atoms with Crippen LogP contribution in [0.3, 0.4) is 0 Å². The van der Waals surface area contributed by atoms with Crippen LogP contribution in [0, 0.1) is 21.7 Å². The second-order valence-electron chi connectivity index (χ2n) is 7.89. The lowest BCUT2D eigenvalue weighted by molar-refractivity contribution is -0.149. The summed E-state index contributed by atoms with van der Waals surface area (Å²) >= 11 is 0. The third kappa shape index (κ3) is 1.03. The highest BCUT2D eigenvalue weighted by atomic mass is 16.2. The number of rotatable bonds is 0. The lowest BCUT2D eigenvalue weighted by Gasteiger charge is -2.32. The van der Waals surface area contributed by atoms with Gasteiger partial charge in [-0.05, 0) is 57.8 Å². The molecule has 0 heterocycles. The molecule has 0 saturated heterocycles. The van der Waals surface area contributed by atoms with Crippen molar-refractivity contribution in [3.05, 3.63) is 0 Å². The number of carbonyl (C=O) groups excluding carboxylic acids is 3. The van der Waals surface area contributed by atoms with Crippen molar-refractivity contribution in [3.8, 4) is 0 Å². The van der Waals surface area contributed by atoms with Crippen molar-refractivity contribution in [2.75, 3.05) is 0 Å². The van der Waals surface area contributed by atoms with Crippen LogP contribution >= 0.6 is 0 Å². The maximum atomic E-state index is 12.9. The Hall–Kier alpha value is -0.990. The lowest BCUT2D eigenvalue weighted by atomic mass is 9.67. The molecular weight excluding hydrogens is 240 g/mol. The van der Waals surface area contributed by atoms with Crippen LogP contribution in [-0.2, 0) is 14.4 Å². The Kier molecular flexibility index (Phi) is 1.47. The molecule has 5 aliphatic carbocycles. The minimum absolute atomic E-state index is 0.0345. The predicted octanol–water partition coefficient (Wildman–Crippen LogP) is 2.22. The summed E-state index contributed by atoms with van der Waals surface area (Å²) in [6.07, 6.45) is 7.32. The van der Waals surface area contributed by atoms with Crippen LogP contribution in [0.2, 0.25) is 0 Å². The van der Waals surface area contributed by atoms with Crippen LogP contribution < -0.4 is 0 Å². The molecule has 3 nitrogen and oxygen atoms in total. The highest BCUT2D eigenvalue weighted by Crippen LogP contribution is 2.73. The monoisotopic (exact) mass is 258 g/mol. The molecule has 0 aliphatic heterocycles. The van der Waals surface area contributed by atoms with Gasteiger partial charge in [0.25, 0.3) is 0 Å². The first-order valence-electron chi connectivity index (χ1n) is 7.65. The van der Waals surface area contributed by atoms with E-state index in [1.165, 1.54) is 0 Å². The van der Waals surface area contributed by atoms with Crippen LogP contribution in [0.15, 0.2) is 0 Å².